The number of amides is 1. The lowest BCUT2D eigenvalue weighted by atomic mass is 9.84. The highest BCUT2D eigenvalue weighted by molar-refractivity contribution is 5.78. The summed E-state index contributed by atoms with van der Waals surface area (Å²) in [5, 5.41) is 8.89. The lowest BCUT2D eigenvalue weighted by molar-refractivity contribution is -0.139. The van der Waals surface area contributed by atoms with Crippen LogP contribution in [0.1, 0.15) is 40.0 Å². The van der Waals surface area contributed by atoms with Gasteiger partial charge in [-0.05, 0) is 45.1 Å². The molecule has 1 saturated heterocycles. The minimum absolute atomic E-state index is 0.145. The zero-order chi connectivity index (χ0) is 15.3. The van der Waals surface area contributed by atoms with Gasteiger partial charge in [0.05, 0.1) is 6.54 Å². The van der Waals surface area contributed by atoms with Crippen molar-refractivity contribution in [3.05, 3.63) is 0 Å². The SMILES string of the molecule is CC(CC(=O)O)C1CCCN(CC(=O)N(C)C(C)C)C1. The third-order valence-corrected chi connectivity index (χ3v) is 4.37. The largest absolute Gasteiger partial charge is 0.481 e. The lowest BCUT2D eigenvalue weighted by Gasteiger charge is -2.36. The molecule has 2 unspecified atom stereocenters. The summed E-state index contributed by atoms with van der Waals surface area (Å²) in [6.07, 6.45) is 2.34. The molecule has 1 rings (SSSR count). The number of rotatable bonds is 6. The van der Waals surface area contributed by atoms with Crippen molar-refractivity contribution >= 4 is 11.9 Å². The number of hydrogen-bond donors (Lipinski definition) is 1. The number of likely N-dealkylation sites (tertiary alicyclic amines) is 1. The first-order valence-electron chi connectivity index (χ1n) is 7.51. The Bertz CT molecular complexity index is 344. The summed E-state index contributed by atoms with van der Waals surface area (Å²) < 4.78 is 0. The molecule has 5 nitrogen and oxygen atoms in total. The third kappa shape index (κ3) is 5.12. The minimum Gasteiger partial charge on any atom is -0.481 e. The van der Waals surface area contributed by atoms with E-state index in [1.54, 1.807) is 4.90 Å². The van der Waals surface area contributed by atoms with Gasteiger partial charge in [-0.15, -0.1) is 0 Å². The monoisotopic (exact) mass is 284 g/mol. The molecule has 1 N–H and O–H groups in total. The summed E-state index contributed by atoms with van der Waals surface area (Å²) in [6.45, 7) is 8.24. The number of carbonyl (C=O) groups excluding carboxylic acids is 1. The van der Waals surface area contributed by atoms with Crippen molar-refractivity contribution in [2.45, 2.75) is 46.1 Å². The van der Waals surface area contributed by atoms with Crippen molar-refractivity contribution in [3.63, 3.8) is 0 Å². The first-order valence-corrected chi connectivity index (χ1v) is 7.51. The zero-order valence-electron chi connectivity index (χ0n) is 13.1. The predicted octanol–water partition coefficient (Wildman–Crippen LogP) is 1.68. The summed E-state index contributed by atoms with van der Waals surface area (Å²) in [4.78, 5) is 26.8. The standard InChI is InChI=1S/C15H28N2O3/c1-11(2)16(4)14(18)10-17-7-5-6-13(9-17)12(3)8-15(19)20/h11-13H,5-10H2,1-4H3,(H,19,20). The molecule has 1 amide bonds. The topological polar surface area (TPSA) is 60.9 Å². The highest BCUT2D eigenvalue weighted by Gasteiger charge is 2.27. The van der Waals surface area contributed by atoms with Crippen LogP contribution in [0.15, 0.2) is 0 Å². The normalized spacial score (nSPS) is 21.8. The Hall–Kier alpha value is -1.10. The van der Waals surface area contributed by atoms with Crippen LogP contribution in [-0.2, 0) is 9.59 Å². The Balaban J connectivity index is 2.48. The van der Waals surface area contributed by atoms with Crippen molar-refractivity contribution in [3.8, 4) is 0 Å². The summed E-state index contributed by atoms with van der Waals surface area (Å²) in [7, 11) is 1.83. The smallest absolute Gasteiger partial charge is 0.303 e. The average Bonchev–Trinajstić information content (AvgIpc) is 2.37. The van der Waals surface area contributed by atoms with E-state index in [4.69, 9.17) is 5.11 Å². The Morgan fingerprint density at radius 2 is 2.00 bits per heavy atom. The van der Waals surface area contributed by atoms with Gasteiger partial charge in [0.25, 0.3) is 0 Å². The first kappa shape index (κ1) is 17.0. The maximum absolute atomic E-state index is 12.1. The average molecular weight is 284 g/mol. The second-order valence-corrected chi connectivity index (χ2v) is 6.31. The molecule has 1 fully saturated rings. The van der Waals surface area contributed by atoms with Crippen molar-refractivity contribution in [1.29, 1.82) is 0 Å². The van der Waals surface area contributed by atoms with Crippen molar-refractivity contribution in [2.24, 2.45) is 11.8 Å². The Kier molecular flexibility index (Phi) is 6.46. The molecule has 0 aromatic rings. The molecule has 20 heavy (non-hydrogen) atoms. The molecule has 0 saturated carbocycles. The fraction of sp³-hybridized carbons (Fsp3) is 0.867. The van der Waals surface area contributed by atoms with Crippen molar-refractivity contribution in [1.82, 2.24) is 9.80 Å². The molecule has 5 heteroatoms. The van der Waals surface area contributed by atoms with Crippen LogP contribution in [-0.4, -0.2) is 59.5 Å². The van der Waals surface area contributed by atoms with Gasteiger partial charge in [0, 0.05) is 26.1 Å². The van der Waals surface area contributed by atoms with E-state index in [9.17, 15) is 9.59 Å². The number of likely N-dealkylation sites (N-methyl/N-ethyl adjacent to an activating group) is 1. The summed E-state index contributed by atoms with van der Waals surface area (Å²) in [5.74, 6) is -0.0259. The first-order chi connectivity index (χ1) is 9.31. The van der Waals surface area contributed by atoms with E-state index in [0.717, 1.165) is 25.9 Å². The van der Waals surface area contributed by atoms with Crippen LogP contribution >= 0.6 is 0 Å². The van der Waals surface area contributed by atoms with E-state index in [0.29, 0.717) is 12.5 Å². The number of aliphatic carboxylic acids is 1. The van der Waals surface area contributed by atoms with Crippen LogP contribution in [0.4, 0.5) is 0 Å². The minimum atomic E-state index is -0.731. The van der Waals surface area contributed by atoms with E-state index < -0.39 is 5.97 Å². The van der Waals surface area contributed by atoms with Gasteiger partial charge in [-0.3, -0.25) is 14.5 Å². The number of carboxylic acids is 1. The molecule has 0 aliphatic carbocycles. The van der Waals surface area contributed by atoms with Gasteiger partial charge < -0.3 is 10.0 Å². The molecule has 1 heterocycles. The van der Waals surface area contributed by atoms with Crippen LogP contribution < -0.4 is 0 Å². The highest BCUT2D eigenvalue weighted by atomic mass is 16.4. The molecule has 0 aromatic heterocycles. The fourth-order valence-electron chi connectivity index (χ4n) is 2.73. The van der Waals surface area contributed by atoms with E-state index in [2.05, 4.69) is 4.90 Å². The Morgan fingerprint density at radius 3 is 2.55 bits per heavy atom. The molecule has 2 atom stereocenters. The molecular formula is C15H28N2O3. The van der Waals surface area contributed by atoms with E-state index in [1.807, 2.05) is 27.8 Å². The molecule has 0 aromatic carbocycles. The van der Waals surface area contributed by atoms with Gasteiger partial charge in [0.15, 0.2) is 0 Å². The van der Waals surface area contributed by atoms with Gasteiger partial charge in [-0.1, -0.05) is 6.92 Å². The molecule has 0 spiro atoms. The number of hydrogen-bond acceptors (Lipinski definition) is 3. The maximum atomic E-state index is 12.1. The fourth-order valence-corrected chi connectivity index (χ4v) is 2.73. The summed E-state index contributed by atoms with van der Waals surface area (Å²) >= 11 is 0. The molecule has 116 valence electrons. The predicted molar refractivity (Wildman–Crippen MR) is 78.5 cm³/mol. The van der Waals surface area contributed by atoms with Gasteiger partial charge in [-0.25, -0.2) is 0 Å². The second kappa shape index (κ2) is 7.62. The Morgan fingerprint density at radius 1 is 1.35 bits per heavy atom. The van der Waals surface area contributed by atoms with Gasteiger partial charge in [0.1, 0.15) is 0 Å². The molecular weight excluding hydrogens is 256 g/mol. The van der Waals surface area contributed by atoms with Crippen LogP contribution in [0.3, 0.4) is 0 Å². The number of carbonyl (C=O) groups is 2. The van der Waals surface area contributed by atoms with E-state index >= 15 is 0 Å². The summed E-state index contributed by atoms with van der Waals surface area (Å²) in [6, 6.07) is 0.217. The number of carboxylic acid groups (broad SMARTS) is 1. The third-order valence-electron chi connectivity index (χ3n) is 4.37. The molecule has 1 aliphatic rings. The molecule has 0 bridgehead atoms. The van der Waals surface area contributed by atoms with Gasteiger partial charge in [0.2, 0.25) is 5.91 Å². The van der Waals surface area contributed by atoms with Gasteiger partial charge in [-0.2, -0.15) is 0 Å². The van der Waals surface area contributed by atoms with Crippen LogP contribution in [0.5, 0.6) is 0 Å². The quantitative estimate of drug-likeness (QED) is 0.806. The highest BCUT2D eigenvalue weighted by Crippen LogP contribution is 2.26. The van der Waals surface area contributed by atoms with Crippen molar-refractivity contribution in [2.75, 3.05) is 26.7 Å². The summed E-state index contributed by atoms with van der Waals surface area (Å²) in [5.41, 5.74) is 0. The van der Waals surface area contributed by atoms with Crippen molar-refractivity contribution < 1.29 is 14.7 Å². The second-order valence-electron chi connectivity index (χ2n) is 6.31. The van der Waals surface area contributed by atoms with E-state index in [1.165, 1.54) is 0 Å². The Labute approximate surface area is 121 Å². The number of nitrogens with zero attached hydrogens (tertiary/aromatic N) is 2. The van der Waals surface area contributed by atoms with Crippen LogP contribution in [0, 0.1) is 11.8 Å². The zero-order valence-corrected chi connectivity index (χ0v) is 13.1. The van der Waals surface area contributed by atoms with E-state index in [-0.39, 0.29) is 24.3 Å². The molecule has 0 radical (unpaired) electrons. The van der Waals surface area contributed by atoms with Crippen LogP contribution in [0.2, 0.25) is 0 Å². The maximum Gasteiger partial charge on any atom is 0.303 e. The number of piperidine rings is 1. The lowest BCUT2D eigenvalue weighted by Crippen LogP contribution is -2.45. The van der Waals surface area contributed by atoms with Gasteiger partial charge >= 0.3 is 5.97 Å². The molecule has 1 aliphatic heterocycles. The van der Waals surface area contributed by atoms with Crippen LogP contribution in [0.25, 0.3) is 0 Å².